The first-order valence-electron chi connectivity index (χ1n) is 9.85. The van der Waals surface area contributed by atoms with Crippen LogP contribution in [0.2, 0.25) is 0 Å². The van der Waals surface area contributed by atoms with Crippen molar-refractivity contribution in [1.29, 1.82) is 0 Å². The Morgan fingerprint density at radius 3 is 2.48 bits per heavy atom. The van der Waals surface area contributed by atoms with Crippen LogP contribution in [0.4, 0.5) is 0 Å². The summed E-state index contributed by atoms with van der Waals surface area (Å²) < 4.78 is 17.0. The zero-order valence-corrected chi connectivity index (χ0v) is 17.2. The molecule has 156 valence electrons. The smallest absolute Gasteiger partial charge is 0.255 e. The summed E-state index contributed by atoms with van der Waals surface area (Å²) in [6.07, 6.45) is 7.92. The summed E-state index contributed by atoms with van der Waals surface area (Å²) in [6.45, 7) is 8.15. The molecule has 1 saturated heterocycles. The molecule has 2 aromatic rings. The van der Waals surface area contributed by atoms with Gasteiger partial charge in [0.15, 0.2) is 0 Å². The number of carbonyl (C=O) groups is 1. The SMILES string of the molecule is CC(C)(C)OCCOc1ccc(C(=O)N2CCC(Oc3cnccn3)CC2)cn1. The summed E-state index contributed by atoms with van der Waals surface area (Å²) in [7, 11) is 0. The fourth-order valence-electron chi connectivity index (χ4n) is 2.96. The van der Waals surface area contributed by atoms with Crippen LogP contribution < -0.4 is 9.47 Å². The molecule has 0 spiro atoms. The van der Waals surface area contributed by atoms with Crippen molar-refractivity contribution in [2.75, 3.05) is 26.3 Å². The van der Waals surface area contributed by atoms with Gasteiger partial charge in [-0.05, 0) is 26.8 Å². The Labute approximate surface area is 171 Å². The van der Waals surface area contributed by atoms with Crippen LogP contribution in [0, 0.1) is 0 Å². The van der Waals surface area contributed by atoms with E-state index in [2.05, 4.69) is 15.0 Å². The van der Waals surface area contributed by atoms with Crippen molar-refractivity contribution in [3.63, 3.8) is 0 Å². The van der Waals surface area contributed by atoms with Gasteiger partial charge in [0.25, 0.3) is 5.91 Å². The number of aromatic nitrogens is 3. The molecule has 1 fully saturated rings. The van der Waals surface area contributed by atoms with Crippen LogP contribution in [-0.4, -0.2) is 63.8 Å². The minimum absolute atomic E-state index is 0.0296. The van der Waals surface area contributed by atoms with Crippen molar-refractivity contribution in [3.8, 4) is 11.8 Å². The Hall–Kier alpha value is -2.74. The number of amides is 1. The van der Waals surface area contributed by atoms with Gasteiger partial charge in [-0.15, -0.1) is 0 Å². The molecule has 29 heavy (non-hydrogen) atoms. The predicted octanol–water partition coefficient (Wildman–Crippen LogP) is 2.75. The molecule has 0 bridgehead atoms. The van der Waals surface area contributed by atoms with Gasteiger partial charge in [0, 0.05) is 50.6 Å². The molecular weight excluding hydrogens is 372 g/mol. The van der Waals surface area contributed by atoms with Gasteiger partial charge in [-0.3, -0.25) is 9.78 Å². The number of ether oxygens (including phenoxy) is 3. The zero-order valence-electron chi connectivity index (χ0n) is 17.2. The largest absolute Gasteiger partial charge is 0.475 e. The number of hydrogen-bond donors (Lipinski definition) is 0. The molecule has 0 atom stereocenters. The second kappa shape index (κ2) is 9.65. The lowest BCUT2D eigenvalue weighted by Gasteiger charge is -2.31. The van der Waals surface area contributed by atoms with Crippen LogP contribution in [-0.2, 0) is 4.74 Å². The van der Waals surface area contributed by atoms with E-state index < -0.39 is 0 Å². The number of nitrogens with zero attached hydrogens (tertiary/aromatic N) is 4. The van der Waals surface area contributed by atoms with Crippen molar-refractivity contribution in [2.45, 2.75) is 45.3 Å². The van der Waals surface area contributed by atoms with E-state index in [9.17, 15) is 4.79 Å². The molecule has 0 aliphatic carbocycles. The molecule has 0 saturated carbocycles. The molecule has 1 amide bonds. The van der Waals surface area contributed by atoms with Gasteiger partial charge < -0.3 is 19.1 Å². The standard InChI is InChI=1S/C21H28N4O4/c1-21(2,3)28-13-12-27-18-5-4-16(14-24-18)20(26)25-10-6-17(7-11-25)29-19-15-22-8-9-23-19/h4-5,8-9,14-15,17H,6-7,10-13H2,1-3H3. The molecule has 0 unspecified atom stereocenters. The van der Waals surface area contributed by atoms with Crippen LogP contribution >= 0.6 is 0 Å². The highest BCUT2D eigenvalue weighted by molar-refractivity contribution is 5.94. The second-order valence-corrected chi connectivity index (χ2v) is 7.85. The number of rotatable bonds is 7. The first kappa shape index (κ1) is 21.0. The van der Waals surface area contributed by atoms with Crippen molar-refractivity contribution in [3.05, 3.63) is 42.5 Å². The maximum absolute atomic E-state index is 12.7. The average molecular weight is 400 g/mol. The van der Waals surface area contributed by atoms with Crippen molar-refractivity contribution in [2.24, 2.45) is 0 Å². The van der Waals surface area contributed by atoms with Crippen molar-refractivity contribution < 1.29 is 19.0 Å². The third-order valence-electron chi connectivity index (χ3n) is 4.41. The molecule has 3 heterocycles. The normalized spacial score (nSPS) is 15.2. The number of hydrogen-bond acceptors (Lipinski definition) is 7. The fourth-order valence-corrected chi connectivity index (χ4v) is 2.96. The number of pyridine rings is 1. The lowest BCUT2D eigenvalue weighted by molar-refractivity contribution is -0.0168. The second-order valence-electron chi connectivity index (χ2n) is 7.85. The summed E-state index contributed by atoms with van der Waals surface area (Å²) >= 11 is 0. The third kappa shape index (κ3) is 6.67. The van der Waals surface area contributed by atoms with E-state index in [1.54, 1.807) is 36.9 Å². The minimum atomic E-state index is -0.194. The molecular formula is C21H28N4O4. The van der Waals surface area contributed by atoms with Crippen LogP contribution in [0.15, 0.2) is 36.9 Å². The summed E-state index contributed by atoms with van der Waals surface area (Å²) in [4.78, 5) is 26.9. The van der Waals surface area contributed by atoms with Gasteiger partial charge in [0.2, 0.25) is 11.8 Å². The van der Waals surface area contributed by atoms with E-state index >= 15 is 0 Å². The molecule has 0 aromatic carbocycles. The van der Waals surface area contributed by atoms with E-state index in [4.69, 9.17) is 14.2 Å². The zero-order chi connectivity index (χ0) is 20.7. The van der Waals surface area contributed by atoms with Gasteiger partial charge in [-0.25, -0.2) is 9.97 Å². The Balaban J connectivity index is 1.43. The van der Waals surface area contributed by atoms with Gasteiger partial charge >= 0.3 is 0 Å². The van der Waals surface area contributed by atoms with Gasteiger partial charge in [0.1, 0.15) is 12.7 Å². The van der Waals surface area contributed by atoms with E-state index in [-0.39, 0.29) is 17.6 Å². The highest BCUT2D eigenvalue weighted by Gasteiger charge is 2.25. The lowest BCUT2D eigenvalue weighted by Crippen LogP contribution is -2.41. The molecule has 0 radical (unpaired) electrons. The summed E-state index contributed by atoms with van der Waals surface area (Å²) in [5.41, 5.74) is 0.358. The van der Waals surface area contributed by atoms with E-state index in [1.165, 1.54) is 0 Å². The van der Waals surface area contributed by atoms with E-state index in [1.807, 2.05) is 25.7 Å². The predicted molar refractivity (Wildman–Crippen MR) is 107 cm³/mol. The summed E-state index contributed by atoms with van der Waals surface area (Å²) in [6, 6.07) is 3.46. The van der Waals surface area contributed by atoms with Crippen molar-refractivity contribution >= 4 is 5.91 Å². The minimum Gasteiger partial charge on any atom is -0.475 e. The van der Waals surface area contributed by atoms with Gasteiger partial charge in [-0.1, -0.05) is 0 Å². The van der Waals surface area contributed by atoms with E-state index in [0.717, 1.165) is 12.8 Å². The van der Waals surface area contributed by atoms with E-state index in [0.29, 0.717) is 43.6 Å². The summed E-state index contributed by atoms with van der Waals surface area (Å²) in [5.74, 6) is 0.971. The molecule has 1 aliphatic rings. The molecule has 0 N–H and O–H groups in total. The topological polar surface area (TPSA) is 86.7 Å². The first-order valence-corrected chi connectivity index (χ1v) is 9.85. The Kier molecular flexibility index (Phi) is 6.98. The van der Waals surface area contributed by atoms with Gasteiger partial charge in [0.05, 0.1) is 24.0 Å². The maximum atomic E-state index is 12.7. The maximum Gasteiger partial charge on any atom is 0.255 e. The molecule has 8 nitrogen and oxygen atoms in total. The van der Waals surface area contributed by atoms with Crippen molar-refractivity contribution in [1.82, 2.24) is 19.9 Å². The summed E-state index contributed by atoms with van der Waals surface area (Å²) in [5, 5.41) is 0. The Morgan fingerprint density at radius 2 is 1.86 bits per heavy atom. The first-order chi connectivity index (χ1) is 13.9. The highest BCUT2D eigenvalue weighted by Crippen LogP contribution is 2.19. The Morgan fingerprint density at radius 1 is 1.07 bits per heavy atom. The number of likely N-dealkylation sites (tertiary alicyclic amines) is 1. The molecule has 8 heteroatoms. The quantitative estimate of drug-likeness (QED) is 0.661. The molecule has 2 aromatic heterocycles. The van der Waals surface area contributed by atoms with Crippen LogP contribution in [0.1, 0.15) is 44.0 Å². The average Bonchev–Trinajstić information content (AvgIpc) is 2.72. The highest BCUT2D eigenvalue weighted by atomic mass is 16.5. The monoisotopic (exact) mass is 400 g/mol. The molecule has 1 aliphatic heterocycles. The lowest BCUT2D eigenvalue weighted by atomic mass is 10.1. The van der Waals surface area contributed by atoms with Crippen LogP contribution in [0.5, 0.6) is 11.8 Å². The fraction of sp³-hybridized carbons (Fsp3) is 0.524. The van der Waals surface area contributed by atoms with Crippen LogP contribution in [0.25, 0.3) is 0 Å². The number of carbonyl (C=O) groups excluding carboxylic acids is 1. The van der Waals surface area contributed by atoms with Crippen LogP contribution in [0.3, 0.4) is 0 Å². The third-order valence-corrected chi connectivity index (χ3v) is 4.41. The number of piperidine rings is 1. The molecule has 3 rings (SSSR count). The Bertz CT molecular complexity index is 770. The van der Waals surface area contributed by atoms with Gasteiger partial charge in [-0.2, -0.15) is 0 Å².